The Morgan fingerprint density at radius 1 is 0.267 bits per heavy atom. The van der Waals surface area contributed by atoms with Gasteiger partial charge >= 0.3 is 0 Å². The summed E-state index contributed by atoms with van der Waals surface area (Å²) in [5, 5.41) is 0. The lowest BCUT2D eigenvalue weighted by Crippen LogP contribution is -2.27. The maximum Gasteiger partial charge on any atom is -0.00187 e. The van der Waals surface area contributed by atoms with Gasteiger partial charge in [0.05, 0.1) is 0 Å². The Morgan fingerprint density at radius 2 is 0.467 bits per heavy atom. The molecule has 0 atom stereocenters. The number of unbranched alkanes of at least 4 members (excludes halogenated alkanes) is 20. The molecule has 0 aromatic heterocycles. The Hall–Kier alpha value is -0.0400. The van der Waals surface area contributed by atoms with Gasteiger partial charge in [-0.1, -0.05) is 149 Å². The van der Waals surface area contributed by atoms with Crippen LogP contribution in [-0.4, -0.2) is 24.5 Å². The molecule has 182 valence electrons. The minimum absolute atomic E-state index is 1.36. The summed E-state index contributed by atoms with van der Waals surface area (Å²) in [7, 11) is 0. The molecule has 1 heteroatoms. The molecule has 0 unspecified atom stereocenters. The van der Waals surface area contributed by atoms with Crippen LogP contribution >= 0.6 is 0 Å². The van der Waals surface area contributed by atoms with Crippen LogP contribution in [0.25, 0.3) is 0 Å². The average Bonchev–Trinajstić information content (AvgIpc) is 2.76. The van der Waals surface area contributed by atoms with E-state index in [2.05, 4.69) is 25.7 Å². The number of rotatable bonds is 26. The quantitative estimate of drug-likeness (QED) is 0.125. The van der Waals surface area contributed by atoms with Gasteiger partial charge in [-0.25, -0.2) is 0 Å². The van der Waals surface area contributed by atoms with Gasteiger partial charge in [0, 0.05) is 0 Å². The fourth-order valence-electron chi connectivity index (χ4n) is 4.57. The minimum atomic E-state index is 1.36. The summed E-state index contributed by atoms with van der Waals surface area (Å²) in [6.07, 6.45) is 33.2. The van der Waals surface area contributed by atoms with Gasteiger partial charge in [0.1, 0.15) is 0 Å². The van der Waals surface area contributed by atoms with E-state index in [0.29, 0.717) is 0 Å². The van der Waals surface area contributed by atoms with Gasteiger partial charge in [0.25, 0.3) is 0 Å². The summed E-state index contributed by atoms with van der Waals surface area (Å²) in [5.41, 5.74) is 0. The van der Waals surface area contributed by atoms with Crippen LogP contribution in [0.1, 0.15) is 168 Å². The zero-order chi connectivity index (χ0) is 22.0. The second kappa shape index (κ2) is 27.0. The summed E-state index contributed by atoms with van der Waals surface area (Å²) in [4.78, 5) is 2.81. The molecule has 0 saturated heterocycles. The Balaban J connectivity index is 3.73. The van der Waals surface area contributed by atoms with E-state index in [9.17, 15) is 0 Å². The molecule has 0 radical (unpaired) electrons. The second-order valence-electron chi connectivity index (χ2n) is 9.91. The van der Waals surface area contributed by atoms with Crippen molar-refractivity contribution in [2.75, 3.05) is 19.6 Å². The first-order valence-electron chi connectivity index (χ1n) is 14.6. The lowest BCUT2D eigenvalue weighted by molar-refractivity contribution is 0.254. The highest BCUT2D eigenvalue weighted by Gasteiger charge is 2.05. The van der Waals surface area contributed by atoms with Crippen LogP contribution in [0.2, 0.25) is 0 Å². The molecule has 0 spiro atoms. The highest BCUT2D eigenvalue weighted by atomic mass is 15.1. The Bertz CT molecular complexity index is 272. The van der Waals surface area contributed by atoms with Crippen molar-refractivity contribution in [3.8, 4) is 0 Å². The number of hydrogen-bond acceptors (Lipinski definition) is 1. The van der Waals surface area contributed by atoms with Gasteiger partial charge in [-0.3, -0.25) is 0 Å². The molecular formula is C29H61N. The maximum atomic E-state index is 2.81. The van der Waals surface area contributed by atoms with Gasteiger partial charge in [0.15, 0.2) is 0 Å². The predicted octanol–water partition coefficient (Wildman–Crippen LogP) is 10.3. The molecule has 0 aliphatic carbocycles. The zero-order valence-electron chi connectivity index (χ0n) is 21.8. The van der Waals surface area contributed by atoms with Crippen molar-refractivity contribution < 1.29 is 0 Å². The van der Waals surface area contributed by atoms with E-state index >= 15 is 0 Å². The molecule has 0 rings (SSSR count). The molecule has 0 saturated carbocycles. The fraction of sp³-hybridized carbons (Fsp3) is 1.00. The molecule has 0 amide bonds. The van der Waals surface area contributed by atoms with Crippen LogP contribution in [0.5, 0.6) is 0 Å². The number of nitrogens with zero attached hydrogens (tertiary/aromatic N) is 1. The monoisotopic (exact) mass is 423 g/mol. The molecule has 0 fully saturated rings. The molecular weight excluding hydrogens is 362 g/mol. The SMILES string of the molecule is CCCCCCCCCCCCCN(CCCCCCCC)CCCCCCCC. The zero-order valence-corrected chi connectivity index (χ0v) is 21.8. The first kappa shape index (κ1) is 30.0. The van der Waals surface area contributed by atoms with E-state index < -0.39 is 0 Å². The fourth-order valence-corrected chi connectivity index (χ4v) is 4.57. The van der Waals surface area contributed by atoms with Gasteiger partial charge in [-0.2, -0.15) is 0 Å². The van der Waals surface area contributed by atoms with Gasteiger partial charge in [0.2, 0.25) is 0 Å². The summed E-state index contributed by atoms with van der Waals surface area (Å²) in [6, 6.07) is 0. The van der Waals surface area contributed by atoms with Crippen LogP contribution in [0, 0.1) is 0 Å². The second-order valence-corrected chi connectivity index (χ2v) is 9.91. The van der Waals surface area contributed by atoms with E-state index in [0.717, 1.165) is 0 Å². The summed E-state index contributed by atoms with van der Waals surface area (Å²) >= 11 is 0. The lowest BCUT2D eigenvalue weighted by atomic mass is 10.1. The molecule has 1 nitrogen and oxygen atoms in total. The van der Waals surface area contributed by atoms with Gasteiger partial charge < -0.3 is 4.90 Å². The third kappa shape index (κ3) is 24.2. The molecule has 0 aromatic rings. The van der Waals surface area contributed by atoms with E-state index in [4.69, 9.17) is 0 Å². The van der Waals surface area contributed by atoms with Gasteiger partial charge in [-0.05, 0) is 38.9 Å². The molecule has 0 aliphatic rings. The van der Waals surface area contributed by atoms with Crippen molar-refractivity contribution in [1.82, 2.24) is 4.90 Å². The Kier molecular flexibility index (Phi) is 27.0. The van der Waals surface area contributed by atoms with Crippen molar-refractivity contribution in [3.05, 3.63) is 0 Å². The van der Waals surface area contributed by atoms with Crippen LogP contribution in [0.3, 0.4) is 0 Å². The van der Waals surface area contributed by atoms with Crippen LogP contribution in [-0.2, 0) is 0 Å². The highest BCUT2D eigenvalue weighted by Crippen LogP contribution is 2.13. The lowest BCUT2D eigenvalue weighted by Gasteiger charge is -2.22. The third-order valence-corrected chi connectivity index (χ3v) is 6.73. The predicted molar refractivity (Wildman–Crippen MR) is 140 cm³/mol. The van der Waals surface area contributed by atoms with E-state index in [1.165, 1.54) is 167 Å². The average molecular weight is 424 g/mol. The largest absolute Gasteiger partial charge is 0.303 e. The molecule has 0 heterocycles. The van der Waals surface area contributed by atoms with E-state index in [1.54, 1.807) is 0 Å². The Morgan fingerprint density at radius 3 is 0.700 bits per heavy atom. The van der Waals surface area contributed by atoms with Crippen LogP contribution < -0.4 is 0 Å². The Labute approximate surface area is 193 Å². The van der Waals surface area contributed by atoms with Crippen molar-refractivity contribution in [3.63, 3.8) is 0 Å². The van der Waals surface area contributed by atoms with Crippen LogP contribution in [0.15, 0.2) is 0 Å². The van der Waals surface area contributed by atoms with Crippen LogP contribution in [0.4, 0.5) is 0 Å². The van der Waals surface area contributed by atoms with Crippen molar-refractivity contribution >= 4 is 0 Å². The van der Waals surface area contributed by atoms with E-state index in [1.807, 2.05) is 0 Å². The van der Waals surface area contributed by atoms with Crippen molar-refractivity contribution in [2.45, 2.75) is 168 Å². The smallest absolute Gasteiger partial charge is 0.00187 e. The standard InChI is InChI=1S/C29H61N/c1-4-7-10-13-16-17-18-19-20-23-26-29-30(27-24-21-14-11-8-5-2)28-25-22-15-12-9-6-3/h4-29H2,1-3H3. The number of hydrogen-bond donors (Lipinski definition) is 0. The summed E-state index contributed by atoms with van der Waals surface area (Å²) in [5.74, 6) is 0. The minimum Gasteiger partial charge on any atom is -0.303 e. The van der Waals surface area contributed by atoms with Crippen molar-refractivity contribution in [2.24, 2.45) is 0 Å². The van der Waals surface area contributed by atoms with Gasteiger partial charge in [-0.15, -0.1) is 0 Å². The molecule has 30 heavy (non-hydrogen) atoms. The maximum absolute atomic E-state index is 2.81. The molecule has 0 aromatic carbocycles. The normalized spacial score (nSPS) is 11.6. The molecule has 0 bridgehead atoms. The summed E-state index contributed by atoms with van der Waals surface area (Å²) < 4.78 is 0. The molecule has 0 aliphatic heterocycles. The molecule has 0 N–H and O–H groups in total. The van der Waals surface area contributed by atoms with Crippen molar-refractivity contribution in [1.29, 1.82) is 0 Å². The topological polar surface area (TPSA) is 3.24 Å². The third-order valence-electron chi connectivity index (χ3n) is 6.73. The summed E-state index contributed by atoms with van der Waals surface area (Å²) in [6.45, 7) is 11.0. The first-order chi connectivity index (χ1) is 14.8. The highest BCUT2D eigenvalue weighted by molar-refractivity contribution is 4.60. The van der Waals surface area contributed by atoms with E-state index in [-0.39, 0.29) is 0 Å². The first-order valence-corrected chi connectivity index (χ1v) is 14.6.